The van der Waals surface area contributed by atoms with Crippen LogP contribution in [-0.4, -0.2) is 15.3 Å². The zero-order valence-electron chi connectivity index (χ0n) is 15.1. The summed E-state index contributed by atoms with van der Waals surface area (Å²) in [5.74, 6) is 0.724. The van der Waals surface area contributed by atoms with Crippen molar-refractivity contribution in [3.05, 3.63) is 65.1 Å². The molecule has 4 rings (SSSR count). The lowest BCUT2D eigenvalue weighted by atomic mass is 9.99. The van der Waals surface area contributed by atoms with E-state index >= 15 is 0 Å². The Kier molecular flexibility index (Phi) is 3.95. The Morgan fingerprint density at radius 2 is 2.04 bits per heavy atom. The molecule has 0 saturated heterocycles. The maximum atomic E-state index is 12.1. The number of carbonyl (C=O) groups excluding carboxylic acids is 1. The van der Waals surface area contributed by atoms with E-state index in [0.717, 1.165) is 11.3 Å². The maximum Gasteiger partial charge on any atom is 0.161 e. The molecule has 0 aliphatic heterocycles. The van der Waals surface area contributed by atoms with E-state index < -0.39 is 0 Å². The largest absolute Gasteiger partial charge is 0.345 e. The first kappa shape index (κ1) is 16.1. The van der Waals surface area contributed by atoms with E-state index in [1.54, 1.807) is 6.92 Å². The summed E-state index contributed by atoms with van der Waals surface area (Å²) in [5.41, 5.74) is 5.33. The van der Waals surface area contributed by atoms with Crippen LogP contribution in [0.3, 0.4) is 0 Å². The van der Waals surface area contributed by atoms with Gasteiger partial charge in [-0.1, -0.05) is 12.1 Å². The van der Waals surface area contributed by atoms with Gasteiger partial charge in [-0.3, -0.25) is 9.78 Å². The molecule has 1 aliphatic rings. The number of fused-ring (bicyclic) bond motifs is 1. The highest BCUT2D eigenvalue weighted by Crippen LogP contribution is 2.40. The molecule has 3 nitrogen and oxygen atoms in total. The number of aromatic nitrogens is 2. The predicted molar refractivity (Wildman–Crippen MR) is 101 cm³/mol. The fraction of sp³-hybridized carbons (Fsp3) is 0.364. The van der Waals surface area contributed by atoms with Crippen molar-refractivity contribution in [3.8, 4) is 0 Å². The Hall–Kier alpha value is -2.42. The third kappa shape index (κ3) is 3.11. The van der Waals surface area contributed by atoms with Crippen LogP contribution in [0.5, 0.6) is 0 Å². The molecule has 3 aromatic rings. The predicted octanol–water partition coefficient (Wildman–Crippen LogP) is 5.29. The van der Waals surface area contributed by atoms with Gasteiger partial charge in [-0.15, -0.1) is 0 Å². The second kappa shape index (κ2) is 6.14. The lowest BCUT2D eigenvalue weighted by Crippen LogP contribution is -2.05. The summed E-state index contributed by atoms with van der Waals surface area (Å²) >= 11 is 0. The fourth-order valence-electron chi connectivity index (χ4n) is 3.54. The molecular weight excluding hydrogens is 308 g/mol. The van der Waals surface area contributed by atoms with Gasteiger partial charge in [0, 0.05) is 35.9 Å². The maximum absolute atomic E-state index is 12.1. The summed E-state index contributed by atoms with van der Waals surface area (Å²) in [5, 5.41) is 1.25. The van der Waals surface area contributed by atoms with E-state index in [1.165, 1.54) is 34.9 Å². The molecule has 25 heavy (non-hydrogen) atoms. The van der Waals surface area contributed by atoms with Crippen molar-refractivity contribution in [2.24, 2.45) is 0 Å². The van der Waals surface area contributed by atoms with Crippen LogP contribution in [0, 0.1) is 0 Å². The molecule has 0 spiro atoms. The van der Waals surface area contributed by atoms with Gasteiger partial charge >= 0.3 is 0 Å². The van der Waals surface area contributed by atoms with Crippen LogP contribution in [0.4, 0.5) is 0 Å². The SMILES string of the molecule is CC(=O)c1cc(C2CC2)cnc1Cc1ccc2ccn(C(C)C)c2c1. The molecule has 0 radical (unpaired) electrons. The standard InChI is InChI=1S/C22H24N2O/c1-14(2)24-9-8-18-5-4-16(11-22(18)24)10-21-20(15(3)25)12-19(13-23-21)17-6-7-17/h4-5,8-9,11-14,17H,6-7,10H2,1-3H3. The molecule has 0 bridgehead atoms. The highest BCUT2D eigenvalue weighted by Gasteiger charge is 2.25. The third-order valence-corrected chi connectivity index (χ3v) is 5.14. The van der Waals surface area contributed by atoms with Crippen molar-refractivity contribution in [1.82, 2.24) is 9.55 Å². The van der Waals surface area contributed by atoms with Crippen LogP contribution in [0.15, 0.2) is 42.7 Å². The molecule has 128 valence electrons. The van der Waals surface area contributed by atoms with Gasteiger partial charge in [-0.25, -0.2) is 0 Å². The molecule has 0 N–H and O–H groups in total. The third-order valence-electron chi connectivity index (χ3n) is 5.14. The van der Waals surface area contributed by atoms with E-state index in [2.05, 4.69) is 59.9 Å². The van der Waals surface area contributed by atoms with Gasteiger partial charge in [0.2, 0.25) is 0 Å². The lowest BCUT2D eigenvalue weighted by Gasteiger charge is -2.12. The number of ketones is 1. The molecule has 1 saturated carbocycles. The molecule has 1 aromatic carbocycles. The van der Waals surface area contributed by atoms with Gasteiger partial charge in [-0.2, -0.15) is 0 Å². The van der Waals surface area contributed by atoms with Gasteiger partial charge < -0.3 is 4.57 Å². The molecular formula is C22H24N2O. The lowest BCUT2D eigenvalue weighted by molar-refractivity contribution is 0.101. The van der Waals surface area contributed by atoms with Crippen molar-refractivity contribution in [2.45, 2.75) is 52.0 Å². The Morgan fingerprint density at radius 1 is 1.24 bits per heavy atom. The minimum atomic E-state index is 0.108. The molecule has 2 aromatic heterocycles. The second-order valence-corrected chi connectivity index (χ2v) is 7.48. The molecule has 1 aliphatic carbocycles. The molecule has 0 unspecified atom stereocenters. The van der Waals surface area contributed by atoms with Crippen LogP contribution in [-0.2, 0) is 6.42 Å². The van der Waals surface area contributed by atoms with Gasteiger partial charge in [0.25, 0.3) is 0 Å². The Morgan fingerprint density at radius 3 is 2.72 bits per heavy atom. The second-order valence-electron chi connectivity index (χ2n) is 7.48. The average Bonchev–Trinajstić information content (AvgIpc) is 3.34. The van der Waals surface area contributed by atoms with Crippen LogP contribution in [0.25, 0.3) is 10.9 Å². The molecule has 1 fully saturated rings. The van der Waals surface area contributed by atoms with Crippen molar-refractivity contribution < 1.29 is 4.79 Å². The summed E-state index contributed by atoms with van der Waals surface area (Å²) in [4.78, 5) is 16.8. The average molecular weight is 332 g/mol. The summed E-state index contributed by atoms with van der Waals surface area (Å²) < 4.78 is 2.29. The van der Waals surface area contributed by atoms with Gasteiger partial charge in [0.15, 0.2) is 5.78 Å². The number of hydrogen-bond donors (Lipinski definition) is 0. The Labute approximate surface area is 148 Å². The summed E-state index contributed by atoms with van der Waals surface area (Å²) in [6.45, 7) is 6.03. The van der Waals surface area contributed by atoms with Crippen LogP contribution in [0.1, 0.15) is 72.8 Å². The molecule has 2 heterocycles. The van der Waals surface area contributed by atoms with Gasteiger partial charge in [0.05, 0.1) is 5.69 Å². The van der Waals surface area contributed by atoms with Crippen molar-refractivity contribution in [2.75, 3.05) is 0 Å². The quantitative estimate of drug-likeness (QED) is 0.595. The molecule has 0 atom stereocenters. The monoisotopic (exact) mass is 332 g/mol. The van der Waals surface area contributed by atoms with E-state index in [4.69, 9.17) is 0 Å². The highest BCUT2D eigenvalue weighted by molar-refractivity contribution is 5.95. The first-order chi connectivity index (χ1) is 12.0. The number of benzene rings is 1. The number of rotatable bonds is 5. The first-order valence-corrected chi connectivity index (χ1v) is 9.12. The summed E-state index contributed by atoms with van der Waals surface area (Å²) in [6.07, 6.45) is 7.25. The summed E-state index contributed by atoms with van der Waals surface area (Å²) in [7, 11) is 0. The first-order valence-electron chi connectivity index (χ1n) is 9.12. The number of hydrogen-bond acceptors (Lipinski definition) is 2. The van der Waals surface area contributed by atoms with Crippen molar-refractivity contribution in [1.29, 1.82) is 0 Å². The zero-order chi connectivity index (χ0) is 17.6. The topological polar surface area (TPSA) is 34.9 Å². The molecule has 0 amide bonds. The zero-order valence-corrected chi connectivity index (χ0v) is 15.1. The number of Topliss-reactive ketones (excluding diaryl/α,β-unsaturated/α-hetero) is 1. The van der Waals surface area contributed by atoms with Gasteiger partial charge in [0.1, 0.15) is 0 Å². The normalized spacial score (nSPS) is 14.4. The number of carbonyl (C=O) groups is 1. The van der Waals surface area contributed by atoms with Crippen molar-refractivity contribution >= 4 is 16.7 Å². The smallest absolute Gasteiger partial charge is 0.161 e. The van der Waals surface area contributed by atoms with E-state index in [1.807, 2.05) is 6.20 Å². The Bertz CT molecular complexity index is 948. The van der Waals surface area contributed by atoms with E-state index in [9.17, 15) is 4.79 Å². The van der Waals surface area contributed by atoms with Crippen molar-refractivity contribution in [3.63, 3.8) is 0 Å². The minimum Gasteiger partial charge on any atom is -0.345 e. The van der Waals surface area contributed by atoms with E-state index in [0.29, 0.717) is 18.4 Å². The number of pyridine rings is 1. The fourth-order valence-corrected chi connectivity index (χ4v) is 3.54. The minimum absolute atomic E-state index is 0.108. The highest BCUT2D eigenvalue weighted by atomic mass is 16.1. The summed E-state index contributed by atoms with van der Waals surface area (Å²) in [6, 6.07) is 11.2. The Balaban J connectivity index is 1.70. The van der Waals surface area contributed by atoms with Crippen LogP contribution >= 0.6 is 0 Å². The van der Waals surface area contributed by atoms with Crippen LogP contribution in [0.2, 0.25) is 0 Å². The van der Waals surface area contributed by atoms with Gasteiger partial charge in [-0.05, 0) is 74.2 Å². The number of nitrogens with zero attached hydrogens (tertiary/aromatic N) is 2. The van der Waals surface area contributed by atoms with E-state index in [-0.39, 0.29) is 5.78 Å². The molecule has 3 heteroatoms. The van der Waals surface area contributed by atoms with Crippen LogP contribution < -0.4 is 0 Å².